The van der Waals surface area contributed by atoms with E-state index in [-0.39, 0.29) is 0 Å². The molecule has 0 aliphatic rings. The van der Waals surface area contributed by atoms with E-state index < -0.39 is 0 Å². The molecular formula is C10H10N2S. The van der Waals surface area contributed by atoms with Crippen molar-refractivity contribution in [2.45, 2.75) is 6.92 Å². The van der Waals surface area contributed by atoms with Crippen molar-refractivity contribution in [1.82, 2.24) is 4.37 Å². The molecule has 0 amide bonds. The van der Waals surface area contributed by atoms with E-state index >= 15 is 0 Å². The SMILES string of the molecule is Cc1ccc(N)cc1-c1ccsn1. The van der Waals surface area contributed by atoms with Crippen molar-refractivity contribution in [1.29, 1.82) is 0 Å². The van der Waals surface area contributed by atoms with Crippen LogP contribution in [0.15, 0.2) is 29.6 Å². The minimum absolute atomic E-state index is 0.786. The largest absolute Gasteiger partial charge is 0.399 e. The van der Waals surface area contributed by atoms with E-state index in [2.05, 4.69) is 11.3 Å². The number of aromatic nitrogens is 1. The van der Waals surface area contributed by atoms with E-state index in [1.807, 2.05) is 29.6 Å². The summed E-state index contributed by atoms with van der Waals surface area (Å²) >= 11 is 1.46. The van der Waals surface area contributed by atoms with Gasteiger partial charge in [-0.15, -0.1) is 0 Å². The first kappa shape index (κ1) is 8.26. The van der Waals surface area contributed by atoms with Gasteiger partial charge in [-0.3, -0.25) is 0 Å². The van der Waals surface area contributed by atoms with Gasteiger partial charge in [-0.1, -0.05) is 6.07 Å². The topological polar surface area (TPSA) is 38.9 Å². The summed E-state index contributed by atoms with van der Waals surface area (Å²) in [5.41, 5.74) is 9.84. The predicted molar refractivity (Wildman–Crippen MR) is 56.7 cm³/mol. The van der Waals surface area contributed by atoms with Crippen LogP contribution in [0.2, 0.25) is 0 Å². The zero-order valence-corrected chi connectivity index (χ0v) is 8.14. The van der Waals surface area contributed by atoms with Gasteiger partial charge in [0, 0.05) is 16.6 Å². The fourth-order valence-corrected chi connectivity index (χ4v) is 1.79. The summed E-state index contributed by atoms with van der Waals surface area (Å²) in [7, 11) is 0. The molecule has 0 aliphatic carbocycles. The van der Waals surface area contributed by atoms with Crippen molar-refractivity contribution in [3.8, 4) is 11.3 Å². The fraction of sp³-hybridized carbons (Fsp3) is 0.100. The first-order valence-corrected chi connectivity index (χ1v) is 4.88. The number of hydrogen-bond donors (Lipinski definition) is 1. The van der Waals surface area contributed by atoms with Crippen LogP contribution in [-0.2, 0) is 0 Å². The highest BCUT2D eigenvalue weighted by Gasteiger charge is 2.03. The molecule has 3 heteroatoms. The lowest BCUT2D eigenvalue weighted by molar-refractivity contribution is 1.42. The predicted octanol–water partition coefficient (Wildman–Crippen LogP) is 2.70. The number of anilines is 1. The maximum Gasteiger partial charge on any atom is 0.0844 e. The molecule has 1 aromatic heterocycles. The van der Waals surface area contributed by atoms with Gasteiger partial charge in [0.1, 0.15) is 0 Å². The molecule has 0 fully saturated rings. The second-order valence-corrected chi connectivity index (χ2v) is 3.62. The summed E-state index contributed by atoms with van der Waals surface area (Å²) in [6.45, 7) is 2.06. The molecule has 1 heterocycles. The van der Waals surface area contributed by atoms with Gasteiger partial charge in [-0.25, -0.2) is 0 Å². The van der Waals surface area contributed by atoms with Crippen LogP contribution < -0.4 is 5.73 Å². The maximum absolute atomic E-state index is 5.71. The fourth-order valence-electron chi connectivity index (χ4n) is 1.27. The van der Waals surface area contributed by atoms with Crippen LogP contribution in [0.3, 0.4) is 0 Å². The summed E-state index contributed by atoms with van der Waals surface area (Å²) in [6.07, 6.45) is 0. The third-order valence-corrected chi connectivity index (χ3v) is 2.54. The van der Waals surface area contributed by atoms with Crippen LogP contribution in [0.5, 0.6) is 0 Å². The number of nitrogen functional groups attached to an aromatic ring is 1. The molecule has 2 rings (SSSR count). The average Bonchev–Trinajstić information content (AvgIpc) is 2.61. The van der Waals surface area contributed by atoms with Crippen molar-refractivity contribution < 1.29 is 0 Å². The zero-order chi connectivity index (χ0) is 9.26. The van der Waals surface area contributed by atoms with Crippen LogP contribution in [0, 0.1) is 6.92 Å². The second-order valence-electron chi connectivity index (χ2n) is 2.96. The molecule has 0 radical (unpaired) electrons. The molecule has 2 N–H and O–H groups in total. The molecule has 0 bridgehead atoms. The molecule has 0 atom stereocenters. The van der Waals surface area contributed by atoms with Gasteiger partial charge < -0.3 is 5.73 Å². The summed E-state index contributed by atoms with van der Waals surface area (Å²) in [6, 6.07) is 7.89. The molecule has 2 aromatic rings. The summed E-state index contributed by atoms with van der Waals surface area (Å²) in [5, 5.41) is 1.97. The Hall–Kier alpha value is -1.35. The molecule has 2 nitrogen and oxygen atoms in total. The molecule has 13 heavy (non-hydrogen) atoms. The van der Waals surface area contributed by atoms with Gasteiger partial charge in [0.15, 0.2) is 0 Å². The highest BCUT2D eigenvalue weighted by molar-refractivity contribution is 7.03. The normalized spacial score (nSPS) is 10.2. The molecule has 66 valence electrons. The highest BCUT2D eigenvalue weighted by atomic mass is 32.1. The number of nitrogens with zero attached hydrogens (tertiary/aromatic N) is 1. The number of benzene rings is 1. The third kappa shape index (κ3) is 1.55. The minimum atomic E-state index is 0.786. The lowest BCUT2D eigenvalue weighted by Gasteiger charge is -2.02. The van der Waals surface area contributed by atoms with E-state index in [0.29, 0.717) is 0 Å². The first-order chi connectivity index (χ1) is 6.27. The Morgan fingerprint density at radius 2 is 2.15 bits per heavy atom. The Morgan fingerprint density at radius 1 is 1.31 bits per heavy atom. The molecule has 0 spiro atoms. The quantitative estimate of drug-likeness (QED) is 0.702. The number of rotatable bonds is 1. The Labute approximate surface area is 81.2 Å². The van der Waals surface area contributed by atoms with Crippen molar-refractivity contribution in [3.63, 3.8) is 0 Å². The van der Waals surface area contributed by atoms with E-state index in [1.54, 1.807) is 0 Å². The maximum atomic E-state index is 5.71. The van der Waals surface area contributed by atoms with Crippen molar-refractivity contribution >= 4 is 17.2 Å². The van der Waals surface area contributed by atoms with Crippen LogP contribution in [0.1, 0.15) is 5.56 Å². The van der Waals surface area contributed by atoms with Crippen molar-refractivity contribution in [2.24, 2.45) is 0 Å². The van der Waals surface area contributed by atoms with Gasteiger partial charge >= 0.3 is 0 Å². The Kier molecular flexibility index (Phi) is 2.02. The van der Waals surface area contributed by atoms with E-state index in [4.69, 9.17) is 5.73 Å². The molecule has 0 saturated carbocycles. The highest BCUT2D eigenvalue weighted by Crippen LogP contribution is 2.24. The third-order valence-electron chi connectivity index (χ3n) is 1.98. The first-order valence-electron chi connectivity index (χ1n) is 4.04. The molecule has 0 aliphatic heterocycles. The number of aryl methyl sites for hydroxylation is 1. The van der Waals surface area contributed by atoms with Crippen LogP contribution >= 0.6 is 11.5 Å². The second kappa shape index (κ2) is 3.18. The van der Waals surface area contributed by atoms with Crippen LogP contribution in [0.25, 0.3) is 11.3 Å². The van der Waals surface area contributed by atoms with E-state index in [1.165, 1.54) is 17.1 Å². The molecule has 1 aromatic carbocycles. The smallest absolute Gasteiger partial charge is 0.0844 e. The lowest BCUT2D eigenvalue weighted by Crippen LogP contribution is -1.88. The van der Waals surface area contributed by atoms with Gasteiger partial charge in [0.2, 0.25) is 0 Å². The van der Waals surface area contributed by atoms with Gasteiger partial charge in [-0.2, -0.15) is 4.37 Å². The Morgan fingerprint density at radius 3 is 2.85 bits per heavy atom. The molecule has 0 saturated heterocycles. The number of hydrogen-bond acceptors (Lipinski definition) is 3. The molecular weight excluding hydrogens is 180 g/mol. The minimum Gasteiger partial charge on any atom is -0.399 e. The summed E-state index contributed by atoms with van der Waals surface area (Å²) < 4.78 is 4.27. The van der Waals surface area contributed by atoms with Gasteiger partial charge in [-0.05, 0) is 42.2 Å². The van der Waals surface area contributed by atoms with Crippen molar-refractivity contribution in [2.75, 3.05) is 5.73 Å². The Balaban J connectivity index is 2.57. The van der Waals surface area contributed by atoms with Crippen molar-refractivity contribution in [3.05, 3.63) is 35.2 Å². The van der Waals surface area contributed by atoms with E-state index in [0.717, 1.165) is 16.9 Å². The molecule has 0 unspecified atom stereocenters. The summed E-state index contributed by atoms with van der Waals surface area (Å²) in [5.74, 6) is 0. The number of nitrogens with two attached hydrogens (primary N) is 1. The van der Waals surface area contributed by atoms with Crippen LogP contribution in [0.4, 0.5) is 5.69 Å². The Bertz CT molecular complexity index is 407. The lowest BCUT2D eigenvalue weighted by atomic mass is 10.1. The van der Waals surface area contributed by atoms with Crippen LogP contribution in [-0.4, -0.2) is 4.37 Å². The summed E-state index contributed by atoms with van der Waals surface area (Å²) in [4.78, 5) is 0. The average molecular weight is 190 g/mol. The zero-order valence-electron chi connectivity index (χ0n) is 7.32. The van der Waals surface area contributed by atoms with Gasteiger partial charge in [0.05, 0.1) is 5.69 Å². The monoisotopic (exact) mass is 190 g/mol. The van der Waals surface area contributed by atoms with E-state index in [9.17, 15) is 0 Å². The standard InChI is InChI=1S/C10H10N2S/c1-7-2-3-8(11)6-9(7)10-4-5-13-12-10/h2-6H,11H2,1H3. The van der Waals surface area contributed by atoms with Gasteiger partial charge in [0.25, 0.3) is 0 Å².